The molecule has 0 aliphatic heterocycles. The predicted octanol–water partition coefficient (Wildman–Crippen LogP) is 3.85. The van der Waals surface area contributed by atoms with Crippen molar-refractivity contribution in [1.82, 2.24) is 5.43 Å². The van der Waals surface area contributed by atoms with Gasteiger partial charge < -0.3 is 0 Å². The highest BCUT2D eigenvalue weighted by Gasteiger charge is 2.17. The Morgan fingerprint density at radius 1 is 1.37 bits per heavy atom. The fourth-order valence-corrected chi connectivity index (χ4v) is 3.20. The van der Waals surface area contributed by atoms with Crippen LogP contribution in [0.5, 0.6) is 0 Å². The molecular weight excluding hydrogens is 283 g/mol. The quantitative estimate of drug-likeness (QED) is 0.650. The van der Waals surface area contributed by atoms with Gasteiger partial charge in [0, 0.05) is 20.3 Å². The summed E-state index contributed by atoms with van der Waals surface area (Å²) in [6.07, 6.45) is 1.42. The van der Waals surface area contributed by atoms with Gasteiger partial charge in [-0.2, -0.15) is 0 Å². The van der Waals surface area contributed by atoms with Crippen molar-refractivity contribution in [2.45, 2.75) is 25.8 Å². The molecule has 0 aliphatic rings. The first kappa shape index (κ1) is 14.5. The van der Waals surface area contributed by atoms with Gasteiger partial charge in [-0.15, -0.1) is 11.3 Å². The predicted molar refractivity (Wildman–Crippen MR) is 78.9 cm³/mol. The number of nitrogens with two attached hydrogens (primary N) is 1. The van der Waals surface area contributed by atoms with E-state index in [0.717, 1.165) is 11.3 Å². The van der Waals surface area contributed by atoms with E-state index in [1.165, 1.54) is 10.9 Å². The number of thiophene rings is 1. The molecule has 0 saturated heterocycles. The molecule has 1 unspecified atom stereocenters. The molecule has 0 bridgehead atoms. The minimum Gasteiger partial charge on any atom is -0.271 e. The Morgan fingerprint density at radius 3 is 2.74 bits per heavy atom. The topological polar surface area (TPSA) is 38.0 Å². The lowest BCUT2D eigenvalue weighted by Crippen LogP contribution is -2.29. The largest absolute Gasteiger partial charge is 0.271 e. The summed E-state index contributed by atoms with van der Waals surface area (Å²) >= 11 is 7.73. The van der Waals surface area contributed by atoms with Crippen LogP contribution >= 0.6 is 22.9 Å². The van der Waals surface area contributed by atoms with E-state index in [-0.39, 0.29) is 11.9 Å². The highest BCUT2D eigenvalue weighted by atomic mass is 35.5. The molecule has 0 aliphatic carbocycles. The van der Waals surface area contributed by atoms with Gasteiger partial charge in [-0.25, -0.2) is 4.39 Å². The monoisotopic (exact) mass is 298 g/mol. The van der Waals surface area contributed by atoms with Gasteiger partial charge in [0.2, 0.25) is 0 Å². The number of hydrazine groups is 1. The van der Waals surface area contributed by atoms with Crippen molar-refractivity contribution < 1.29 is 4.39 Å². The van der Waals surface area contributed by atoms with Gasteiger partial charge in [0.05, 0.1) is 6.04 Å². The Bertz CT molecular complexity index is 536. The van der Waals surface area contributed by atoms with E-state index < -0.39 is 0 Å². The van der Waals surface area contributed by atoms with Gasteiger partial charge in [-0.05, 0) is 37.1 Å². The van der Waals surface area contributed by atoms with Gasteiger partial charge in [0.15, 0.2) is 0 Å². The van der Waals surface area contributed by atoms with Crippen molar-refractivity contribution in [2.24, 2.45) is 5.84 Å². The van der Waals surface area contributed by atoms with Crippen LogP contribution in [0.25, 0.3) is 0 Å². The standard InChI is InChI=1S/C14H16ClFN2S/c1-2-9-6-7-14(19-9)13(18-17)8-10-11(15)4-3-5-12(10)16/h3-7,13,18H,2,8,17H2,1H3. The fraction of sp³-hybridized carbons (Fsp3) is 0.286. The number of hydrogen-bond acceptors (Lipinski definition) is 3. The minimum absolute atomic E-state index is 0.125. The number of halogens is 2. The van der Waals surface area contributed by atoms with E-state index >= 15 is 0 Å². The average molecular weight is 299 g/mol. The molecule has 102 valence electrons. The summed E-state index contributed by atoms with van der Waals surface area (Å²) in [5, 5.41) is 0.438. The summed E-state index contributed by atoms with van der Waals surface area (Å²) in [5.74, 6) is 5.30. The van der Waals surface area contributed by atoms with Gasteiger partial charge in [-0.1, -0.05) is 24.6 Å². The first-order valence-corrected chi connectivity index (χ1v) is 7.32. The Morgan fingerprint density at radius 2 is 2.16 bits per heavy atom. The van der Waals surface area contributed by atoms with E-state index in [1.54, 1.807) is 23.5 Å². The number of hydrogen-bond donors (Lipinski definition) is 2. The molecule has 1 aromatic heterocycles. The maximum atomic E-state index is 13.8. The van der Waals surface area contributed by atoms with Crippen LogP contribution in [0.3, 0.4) is 0 Å². The Hall–Kier alpha value is -0.940. The molecule has 0 amide bonds. The maximum absolute atomic E-state index is 13.8. The second-order valence-corrected chi connectivity index (χ2v) is 5.89. The van der Waals surface area contributed by atoms with Crippen LogP contribution in [0.4, 0.5) is 4.39 Å². The van der Waals surface area contributed by atoms with Crippen LogP contribution < -0.4 is 11.3 Å². The summed E-state index contributed by atoms with van der Waals surface area (Å²) < 4.78 is 13.8. The fourth-order valence-electron chi connectivity index (χ4n) is 1.94. The lowest BCUT2D eigenvalue weighted by atomic mass is 10.0. The summed E-state index contributed by atoms with van der Waals surface area (Å²) in [5.41, 5.74) is 3.24. The molecule has 5 heteroatoms. The number of benzene rings is 1. The van der Waals surface area contributed by atoms with Gasteiger partial charge in [0.25, 0.3) is 0 Å². The molecule has 2 rings (SSSR count). The third kappa shape index (κ3) is 3.34. The number of aryl methyl sites for hydroxylation is 1. The molecule has 19 heavy (non-hydrogen) atoms. The van der Waals surface area contributed by atoms with Crippen LogP contribution in [0.1, 0.15) is 28.3 Å². The molecule has 2 nitrogen and oxygen atoms in total. The molecule has 1 atom stereocenters. The van der Waals surface area contributed by atoms with Crippen molar-refractivity contribution >= 4 is 22.9 Å². The third-order valence-electron chi connectivity index (χ3n) is 3.05. The molecule has 0 radical (unpaired) electrons. The van der Waals surface area contributed by atoms with E-state index in [1.807, 2.05) is 6.07 Å². The SMILES string of the molecule is CCc1ccc(C(Cc2c(F)cccc2Cl)NN)s1. The normalized spacial score (nSPS) is 12.6. The number of nitrogens with one attached hydrogen (secondary N) is 1. The number of rotatable bonds is 5. The van der Waals surface area contributed by atoms with Crippen molar-refractivity contribution in [3.63, 3.8) is 0 Å². The minimum atomic E-state index is -0.292. The first-order valence-electron chi connectivity index (χ1n) is 6.13. The zero-order valence-electron chi connectivity index (χ0n) is 10.6. The van der Waals surface area contributed by atoms with E-state index in [0.29, 0.717) is 17.0 Å². The molecule has 0 spiro atoms. The molecule has 1 aromatic carbocycles. The second kappa shape index (κ2) is 6.48. The van der Waals surface area contributed by atoms with Gasteiger partial charge in [0.1, 0.15) is 5.82 Å². The smallest absolute Gasteiger partial charge is 0.127 e. The van der Waals surface area contributed by atoms with Crippen molar-refractivity contribution in [1.29, 1.82) is 0 Å². The third-order valence-corrected chi connectivity index (χ3v) is 4.74. The summed E-state index contributed by atoms with van der Waals surface area (Å²) in [6, 6.07) is 8.70. The van der Waals surface area contributed by atoms with Crippen LogP contribution in [-0.2, 0) is 12.8 Å². The van der Waals surface area contributed by atoms with Gasteiger partial charge >= 0.3 is 0 Å². The Balaban J connectivity index is 2.24. The second-order valence-electron chi connectivity index (χ2n) is 4.28. The zero-order chi connectivity index (χ0) is 13.8. The molecule has 0 saturated carbocycles. The van der Waals surface area contributed by atoms with Crippen LogP contribution in [0.2, 0.25) is 5.02 Å². The highest BCUT2D eigenvalue weighted by molar-refractivity contribution is 7.12. The summed E-state index contributed by atoms with van der Waals surface area (Å²) in [6.45, 7) is 2.11. The van der Waals surface area contributed by atoms with Gasteiger partial charge in [-0.3, -0.25) is 11.3 Å². The zero-order valence-corrected chi connectivity index (χ0v) is 12.2. The first-order chi connectivity index (χ1) is 9.15. The van der Waals surface area contributed by atoms with Crippen LogP contribution in [0, 0.1) is 5.82 Å². The molecule has 2 aromatic rings. The molecule has 1 heterocycles. The van der Waals surface area contributed by atoms with Crippen LogP contribution in [-0.4, -0.2) is 0 Å². The van der Waals surface area contributed by atoms with Crippen molar-refractivity contribution in [3.05, 3.63) is 56.5 Å². The molecule has 3 N–H and O–H groups in total. The average Bonchev–Trinajstić information content (AvgIpc) is 2.87. The van der Waals surface area contributed by atoms with E-state index in [9.17, 15) is 4.39 Å². The van der Waals surface area contributed by atoms with Crippen LogP contribution in [0.15, 0.2) is 30.3 Å². The maximum Gasteiger partial charge on any atom is 0.127 e. The van der Waals surface area contributed by atoms with Crippen molar-refractivity contribution in [2.75, 3.05) is 0 Å². The summed E-state index contributed by atoms with van der Waals surface area (Å²) in [7, 11) is 0. The Labute approximate surface area is 121 Å². The van der Waals surface area contributed by atoms with E-state index in [4.69, 9.17) is 17.4 Å². The lowest BCUT2D eigenvalue weighted by Gasteiger charge is -2.15. The molecule has 0 fully saturated rings. The van der Waals surface area contributed by atoms with E-state index in [2.05, 4.69) is 18.4 Å². The lowest BCUT2D eigenvalue weighted by molar-refractivity contribution is 0.535. The highest BCUT2D eigenvalue weighted by Crippen LogP contribution is 2.29. The van der Waals surface area contributed by atoms with Crippen molar-refractivity contribution in [3.8, 4) is 0 Å². The molecular formula is C14H16ClFN2S. The summed E-state index contributed by atoms with van der Waals surface area (Å²) in [4.78, 5) is 2.38. The Kier molecular flexibility index (Phi) is 4.93.